The molecule has 0 saturated carbocycles. The van der Waals surface area contributed by atoms with E-state index >= 15 is 0 Å². The zero-order chi connectivity index (χ0) is 26.8. The van der Waals surface area contributed by atoms with E-state index in [2.05, 4.69) is 21.9 Å². The smallest absolute Gasteiger partial charge is 0.274 e. The summed E-state index contributed by atoms with van der Waals surface area (Å²) in [5, 5.41) is 13.3. The predicted octanol–water partition coefficient (Wildman–Crippen LogP) is 3.44. The van der Waals surface area contributed by atoms with Crippen LogP contribution >= 0.6 is 0 Å². The van der Waals surface area contributed by atoms with Crippen molar-refractivity contribution in [3.05, 3.63) is 70.7 Å². The maximum Gasteiger partial charge on any atom is 0.274 e. The molecule has 0 bridgehead atoms. The van der Waals surface area contributed by atoms with E-state index in [-0.39, 0.29) is 41.9 Å². The Balaban J connectivity index is 2.10. The number of anilines is 1. The molecular formula is C27H37N5O4. The van der Waals surface area contributed by atoms with Crippen LogP contribution in [-0.4, -0.2) is 56.6 Å². The van der Waals surface area contributed by atoms with Gasteiger partial charge in [0.2, 0.25) is 11.8 Å². The van der Waals surface area contributed by atoms with E-state index in [1.54, 1.807) is 44.6 Å². The fraction of sp³-hybridized carbons (Fsp3) is 0.407. The zero-order valence-electron chi connectivity index (χ0n) is 21.7. The minimum absolute atomic E-state index is 0.00786. The number of H-pyrrole nitrogens is 1. The Hall–Kier alpha value is -3.72. The number of imidazole rings is 1. The van der Waals surface area contributed by atoms with Gasteiger partial charge in [0.05, 0.1) is 24.0 Å². The van der Waals surface area contributed by atoms with Crippen LogP contribution in [0.5, 0.6) is 0 Å². The lowest BCUT2D eigenvalue weighted by Gasteiger charge is -2.17. The topological polar surface area (TPSA) is 120 Å². The third-order valence-electron chi connectivity index (χ3n) is 5.61. The SMILES string of the molecule is C=Cc1[nH]c(Cn2cccc(NC(=O)CCC/C=C/C(=O)N(C)C)c2=O)nc1/C(=C\C)C(O)C(C)C. The summed E-state index contributed by atoms with van der Waals surface area (Å²) in [5.41, 5.74) is 1.78. The Morgan fingerprint density at radius 3 is 2.67 bits per heavy atom. The van der Waals surface area contributed by atoms with Gasteiger partial charge < -0.3 is 24.9 Å². The van der Waals surface area contributed by atoms with Crippen LogP contribution < -0.4 is 10.9 Å². The molecule has 1 atom stereocenters. The molecular weight excluding hydrogens is 458 g/mol. The second-order valence-electron chi connectivity index (χ2n) is 9.01. The number of hydrogen-bond donors (Lipinski definition) is 3. The molecule has 36 heavy (non-hydrogen) atoms. The van der Waals surface area contributed by atoms with Crippen molar-refractivity contribution in [3.8, 4) is 0 Å². The van der Waals surface area contributed by atoms with Crippen LogP contribution in [0.2, 0.25) is 0 Å². The Morgan fingerprint density at radius 2 is 2.06 bits per heavy atom. The van der Waals surface area contributed by atoms with Crippen molar-refractivity contribution in [1.29, 1.82) is 0 Å². The Morgan fingerprint density at radius 1 is 1.33 bits per heavy atom. The number of carbonyl (C=O) groups excluding carboxylic acids is 2. The highest BCUT2D eigenvalue weighted by atomic mass is 16.3. The minimum Gasteiger partial charge on any atom is -0.388 e. The van der Waals surface area contributed by atoms with E-state index in [0.29, 0.717) is 35.6 Å². The molecule has 0 aromatic carbocycles. The van der Waals surface area contributed by atoms with Gasteiger partial charge in [0.1, 0.15) is 11.5 Å². The number of nitrogens with zero attached hydrogens (tertiary/aromatic N) is 3. The van der Waals surface area contributed by atoms with E-state index in [0.717, 1.165) is 0 Å². The summed E-state index contributed by atoms with van der Waals surface area (Å²) in [6, 6.07) is 3.25. The van der Waals surface area contributed by atoms with Gasteiger partial charge in [-0.2, -0.15) is 0 Å². The van der Waals surface area contributed by atoms with Crippen molar-refractivity contribution >= 4 is 29.2 Å². The lowest BCUT2D eigenvalue weighted by atomic mass is 9.95. The fourth-order valence-corrected chi connectivity index (χ4v) is 3.53. The van der Waals surface area contributed by atoms with Crippen LogP contribution in [0, 0.1) is 5.92 Å². The Labute approximate surface area is 212 Å². The fourth-order valence-electron chi connectivity index (χ4n) is 3.53. The molecule has 0 aliphatic rings. The number of allylic oxidation sites excluding steroid dienone is 2. The number of nitrogens with one attached hydrogen (secondary N) is 2. The van der Waals surface area contributed by atoms with Gasteiger partial charge in [-0.1, -0.05) is 32.6 Å². The molecule has 0 aliphatic heterocycles. The van der Waals surface area contributed by atoms with Gasteiger partial charge in [0, 0.05) is 32.3 Å². The first-order valence-electron chi connectivity index (χ1n) is 12.0. The highest BCUT2D eigenvalue weighted by molar-refractivity contribution is 5.90. The summed E-state index contributed by atoms with van der Waals surface area (Å²) < 4.78 is 1.45. The standard InChI is InChI=1S/C27H37N5O4/c1-7-19(26(35)18(3)4)25-20(8-2)28-22(30-25)17-32-16-12-13-21(27(32)36)29-23(33)14-10-9-11-15-24(34)31(5)6/h7-8,11-13,15-16,18,26,35H,2,9-10,14,17H2,1,3-6H3,(H,28,30)(H,29,33)/b15-11+,19-7+. The van der Waals surface area contributed by atoms with Gasteiger partial charge in [-0.05, 0) is 50.0 Å². The summed E-state index contributed by atoms with van der Waals surface area (Å²) in [6.07, 6.45) is 8.98. The quantitative estimate of drug-likeness (QED) is 0.308. The monoisotopic (exact) mass is 495 g/mol. The van der Waals surface area contributed by atoms with Crippen LogP contribution in [-0.2, 0) is 16.1 Å². The van der Waals surface area contributed by atoms with Gasteiger partial charge >= 0.3 is 0 Å². The lowest BCUT2D eigenvalue weighted by Crippen LogP contribution is -2.26. The van der Waals surface area contributed by atoms with E-state index in [9.17, 15) is 19.5 Å². The van der Waals surface area contributed by atoms with Gasteiger partial charge in [-0.25, -0.2) is 4.98 Å². The second-order valence-corrected chi connectivity index (χ2v) is 9.01. The van der Waals surface area contributed by atoms with Crippen molar-refractivity contribution in [2.24, 2.45) is 5.92 Å². The van der Waals surface area contributed by atoms with Crippen molar-refractivity contribution in [2.45, 2.75) is 52.7 Å². The first-order valence-corrected chi connectivity index (χ1v) is 12.0. The molecule has 0 saturated heterocycles. The van der Waals surface area contributed by atoms with Crippen molar-refractivity contribution in [3.63, 3.8) is 0 Å². The largest absolute Gasteiger partial charge is 0.388 e. The van der Waals surface area contributed by atoms with Crippen LogP contribution in [0.4, 0.5) is 5.69 Å². The number of likely N-dealkylation sites (N-methyl/N-ethyl adjacent to an activating group) is 1. The van der Waals surface area contributed by atoms with E-state index in [1.807, 2.05) is 26.8 Å². The summed E-state index contributed by atoms with van der Waals surface area (Å²) in [6.45, 7) is 9.69. The second kappa shape index (κ2) is 13.4. The number of aromatic nitrogens is 3. The lowest BCUT2D eigenvalue weighted by molar-refractivity contribution is -0.123. The van der Waals surface area contributed by atoms with Crippen LogP contribution in [0.25, 0.3) is 11.6 Å². The zero-order valence-corrected chi connectivity index (χ0v) is 21.7. The average molecular weight is 496 g/mol. The molecule has 2 amide bonds. The number of rotatable bonds is 12. The molecule has 2 rings (SSSR count). The summed E-state index contributed by atoms with van der Waals surface area (Å²) in [5.74, 6) is 0.159. The van der Waals surface area contributed by atoms with Crippen molar-refractivity contribution < 1.29 is 14.7 Å². The summed E-state index contributed by atoms with van der Waals surface area (Å²) >= 11 is 0. The van der Waals surface area contributed by atoms with Crippen molar-refractivity contribution in [1.82, 2.24) is 19.4 Å². The minimum atomic E-state index is -0.685. The molecule has 0 spiro atoms. The van der Waals surface area contributed by atoms with Crippen molar-refractivity contribution in [2.75, 3.05) is 19.4 Å². The molecule has 2 aromatic rings. The van der Waals surface area contributed by atoms with Crippen LogP contribution in [0.3, 0.4) is 0 Å². The number of aliphatic hydroxyl groups excluding tert-OH is 1. The number of pyridine rings is 1. The van der Waals surface area contributed by atoms with Crippen LogP contribution in [0.1, 0.15) is 57.2 Å². The van der Waals surface area contributed by atoms with E-state index in [1.165, 1.54) is 15.5 Å². The Bertz CT molecular complexity index is 1190. The van der Waals surface area contributed by atoms with Gasteiger partial charge in [0.25, 0.3) is 5.56 Å². The molecule has 0 radical (unpaired) electrons. The molecule has 9 heteroatoms. The number of hydrogen-bond acceptors (Lipinski definition) is 5. The van der Waals surface area contributed by atoms with Crippen LogP contribution in [0.15, 0.2) is 47.9 Å². The highest BCUT2D eigenvalue weighted by Gasteiger charge is 2.21. The number of carbonyl (C=O) groups is 2. The summed E-state index contributed by atoms with van der Waals surface area (Å²) in [4.78, 5) is 46.1. The average Bonchev–Trinajstić information content (AvgIpc) is 3.23. The summed E-state index contributed by atoms with van der Waals surface area (Å²) in [7, 11) is 3.35. The molecule has 9 nitrogen and oxygen atoms in total. The maximum atomic E-state index is 13.0. The molecule has 1 unspecified atom stereocenters. The predicted molar refractivity (Wildman–Crippen MR) is 143 cm³/mol. The van der Waals surface area contributed by atoms with Gasteiger partial charge in [-0.3, -0.25) is 14.4 Å². The van der Waals surface area contributed by atoms with Gasteiger partial charge in [0.15, 0.2) is 0 Å². The highest BCUT2D eigenvalue weighted by Crippen LogP contribution is 2.25. The number of aliphatic hydroxyl groups is 1. The maximum absolute atomic E-state index is 13.0. The molecule has 194 valence electrons. The van der Waals surface area contributed by atoms with E-state index < -0.39 is 6.10 Å². The molecule has 0 aliphatic carbocycles. The van der Waals surface area contributed by atoms with Gasteiger partial charge in [-0.15, -0.1) is 0 Å². The molecule has 0 fully saturated rings. The third-order valence-corrected chi connectivity index (χ3v) is 5.61. The molecule has 2 aromatic heterocycles. The first-order chi connectivity index (χ1) is 17.1. The Kier molecular flexibility index (Phi) is 10.6. The number of amides is 2. The third kappa shape index (κ3) is 7.64. The molecule has 2 heterocycles. The normalized spacial score (nSPS) is 12.7. The first kappa shape index (κ1) is 28.5. The number of aromatic amines is 1. The number of unbranched alkanes of at least 4 members (excludes halogenated alkanes) is 1. The molecule has 3 N–H and O–H groups in total. The van der Waals surface area contributed by atoms with E-state index in [4.69, 9.17) is 0 Å².